The standard InChI is InChI=1S/C13H12N4O6S2/c1-4-2-24-11-6(9(20)17(11)10(4)23-13(21)22)16-8(19)7(18)5-3-25-12(14)15-5/h3,6,11H,2H2,1H3,(H2,14,15)(H,16,19)(H,21,22)/t6?,11-/m0/s1. The Morgan fingerprint density at radius 2 is 2.20 bits per heavy atom. The fourth-order valence-electron chi connectivity index (χ4n) is 2.40. The van der Waals surface area contributed by atoms with Gasteiger partial charge < -0.3 is 20.9 Å². The molecule has 0 aromatic carbocycles. The van der Waals surface area contributed by atoms with Gasteiger partial charge in [-0.05, 0) is 12.5 Å². The molecule has 2 aliphatic rings. The second-order valence-electron chi connectivity index (χ2n) is 5.21. The van der Waals surface area contributed by atoms with Crippen LogP contribution in [0.15, 0.2) is 16.8 Å². The number of carboxylic acid groups (broad SMARTS) is 1. The number of rotatable bonds is 4. The lowest BCUT2D eigenvalue weighted by atomic mass is 10.1. The van der Waals surface area contributed by atoms with E-state index in [0.717, 1.165) is 16.2 Å². The zero-order valence-corrected chi connectivity index (χ0v) is 14.3. The third kappa shape index (κ3) is 3.05. The number of β-lactam (4-membered cyclic amide) rings is 1. The molecule has 132 valence electrons. The summed E-state index contributed by atoms with van der Waals surface area (Å²) in [5, 5.41) is 12.1. The van der Waals surface area contributed by atoms with Crippen LogP contribution in [0.1, 0.15) is 17.4 Å². The maximum Gasteiger partial charge on any atom is 0.512 e. The van der Waals surface area contributed by atoms with Crippen molar-refractivity contribution in [2.24, 2.45) is 0 Å². The number of amides is 2. The van der Waals surface area contributed by atoms with E-state index in [9.17, 15) is 19.2 Å². The van der Waals surface area contributed by atoms with Gasteiger partial charge >= 0.3 is 6.16 Å². The van der Waals surface area contributed by atoms with Gasteiger partial charge in [-0.1, -0.05) is 0 Å². The van der Waals surface area contributed by atoms with Crippen molar-refractivity contribution in [2.45, 2.75) is 18.3 Å². The van der Waals surface area contributed by atoms with Crippen LogP contribution in [0.2, 0.25) is 0 Å². The largest absolute Gasteiger partial charge is 0.512 e. The molecule has 0 spiro atoms. The van der Waals surface area contributed by atoms with Crippen LogP contribution < -0.4 is 11.1 Å². The Labute approximate surface area is 149 Å². The van der Waals surface area contributed by atoms with Crippen LogP contribution >= 0.6 is 23.1 Å². The van der Waals surface area contributed by atoms with E-state index in [-0.39, 0.29) is 16.7 Å². The summed E-state index contributed by atoms with van der Waals surface area (Å²) in [6.45, 7) is 1.65. The van der Waals surface area contributed by atoms with E-state index in [1.807, 2.05) is 0 Å². The molecule has 0 bridgehead atoms. The number of anilines is 1. The number of thiazole rings is 1. The first kappa shape index (κ1) is 17.2. The Morgan fingerprint density at radius 1 is 1.48 bits per heavy atom. The maximum atomic E-state index is 12.3. The van der Waals surface area contributed by atoms with E-state index >= 15 is 0 Å². The number of nitrogens with zero attached hydrogens (tertiary/aromatic N) is 2. The van der Waals surface area contributed by atoms with Gasteiger partial charge in [-0.3, -0.25) is 19.3 Å². The monoisotopic (exact) mass is 384 g/mol. The average molecular weight is 384 g/mol. The number of nitrogens with one attached hydrogen (secondary N) is 1. The minimum Gasteiger partial charge on any atom is -0.449 e. The van der Waals surface area contributed by atoms with E-state index in [1.54, 1.807) is 6.92 Å². The van der Waals surface area contributed by atoms with Gasteiger partial charge in [0.15, 0.2) is 5.13 Å². The molecule has 1 aromatic heterocycles. The fourth-order valence-corrected chi connectivity index (χ4v) is 4.21. The summed E-state index contributed by atoms with van der Waals surface area (Å²) in [5.74, 6) is -2.04. The van der Waals surface area contributed by atoms with Gasteiger partial charge in [-0.2, -0.15) is 0 Å². The van der Waals surface area contributed by atoms with Crippen molar-refractivity contribution >= 4 is 52.0 Å². The van der Waals surface area contributed by atoms with Crippen LogP contribution in [0.4, 0.5) is 9.93 Å². The summed E-state index contributed by atoms with van der Waals surface area (Å²) in [4.78, 5) is 52.0. The number of ketones is 1. The quantitative estimate of drug-likeness (QED) is 0.287. The number of fused-ring (bicyclic) bond motifs is 1. The number of ether oxygens (including phenoxy) is 1. The molecule has 1 aromatic rings. The van der Waals surface area contributed by atoms with E-state index < -0.39 is 35.2 Å². The highest BCUT2D eigenvalue weighted by Gasteiger charge is 2.54. The van der Waals surface area contributed by atoms with Crippen molar-refractivity contribution in [3.05, 3.63) is 22.5 Å². The highest BCUT2D eigenvalue weighted by atomic mass is 32.2. The molecule has 0 aliphatic carbocycles. The van der Waals surface area contributed by atoms with Crippen molar-refractivity contribution in [3.63, 3.8) is 0 Å². The fraction of sp³-hybridized carbons (Fsp3) is 0.308. The number of Topliss-reactive ketones (excluding diaryl/α,β-unsaturated/α-hetero) is 1. The minimum absolute atomic E-state index is 0.0506. The zero-order valence-electron chi connectivity index (χ0n) is 12.7. The predicted octanol–water partition coefficient (Wildman–Crippen LogP) is 0.234. The lowest BCUT2D eigenvalue weighted by Gasteiger charge is -2.48. The third-order valence-corrected chi connectivity index (χ3v) is 5.63. The second-order valence-corrected chi connectivity index (χ2v) is 7.21. The first-order valence-corrected chi connectivity index (χ1v) is 8.84. The highest BCUT2D eigenvalue weighted by molar-refractivity contribution is 8.00. The highest BCUT2D eigenvalue weighted by Crippen LogP contribution is 2.40. The summed E-state index contributed by atoms with van der Waals surface area (Å²) < 4.78 is 4.67. The first-order valence-electron chi connectivity index (χ1n) is 6.91. The maximum absolute atomic E-state index is 12.3. The molecule has 2 aliphatic heterocycles. The summed E-state index contributed by atoms with van der Waals surface area (Å²) >= 11 is 2.35. The van der Waals surface area contributed by atoms with E-state index in [0.29, 0.717) is 11.3 Å². The third-order valence-electron chi connectivity index (χ3n) is 3.53. The molecule has 3 rings (SSSR count). The Morgan fingerprint density at radius 3 is 2.80 bits per heavy atom. The molecule has 0 radical (unpaired) electrons. The van der Waals surface area contributed by atoms with Gasteiger partial charge in [0, 0.05) is 11.1 Å². The normalized spacial score (nSPS) is 22.1. The predicted molar refractivity (Wildman–Crippen MR) is 87.7 cm³/mol. The molecule has 10 nitrogen and oxygen atoms in total. The minimum atomic E-state index is -1.53. The average Bonchev–Trinajstić information content (AvgIpc) is 2.99. The van der Waals surface area contributed by atoms with Gasteiger partial charge in [0.1, 0.15) is 17.1 Å². The summed E-state index contributed by atoms with van der Waals surface area (Å²) in [5.41, 5.74) is 5.93. The Bertz CT molecular complexity index is 819. The molecule has 4 N–H and O–H groups in total. The number of nitrogens with two attached hydrogens (primary N) is 1. The molecule has 2 atom stereocenters. The summed E-state index contributed by atoms with van der Waals surface area (Å²) in [7, 11) is 0. The van der Waals surface area contributed by atoms with Crippen molar-refractivity contribution in [2.75, 3.05) is 11.5 Å². The molecule has 1 fully saturated rings. The number of carbonyl (C=O) groups is 4. The molecule has 12 heteroatoms. The molecule has 0 saturated carbocycles. The molecule has 3 heterocycles. The summed E-state index contributed by atoms with van der Waals surface area (Å²) in [6.07, 6.45) is -1.53. The SMILES string of the molecule is CC1=C(OC(=O)O)N2C(=O)C(NC(=O)C(=O)c3csc(N)n3)[C@@H]2SC1. The van der Waals surface area contributed by atoms with Crippen LogP contribution in [-0.2, 0) is 14.3 Å². The van der Waals surface area contributed by atoms with Crippen molar-refractivity contribution in [1.82, 2.24) is 15.2 Å². The van der Waals surface area contributed by atoms with Crippen molar-refractivity contribution in [1.29, 1.82) is 0 Å². The molecular weight excluding hydrogens is 372 g/mol. The van der Waals surface area contributed by atoms with Crippen LogP contribution in [0, 0.1) is 0 Å². The zero-order chi connectivity index (χ0) is 18.3. The number of hydrogen-bond acceptors (Lipinski definition) is 9. The van der Waals surface area contributed by atoms with E-state index in [1.165, 1.54) is 17.1 Å². The van der Waals surface area contributed by atoms with Gasteiger partial charge in [0.2, 0.25) is 5.88 Å². The Hall–Kier alpha value is -2.60. The van der Waals surface area contributed by atoms with Crippen molar-refractivity contribution < 1.29 is 29.0 Å². The van der Waals surface area contributed by atoms with Crippen LogP contribution in [-0.4, -0.2) is 55.9 Å². The van der Waals surface area contributed by atoms with Gasteiger partial charge in [-0.25, -0.2) is 9.78 Å². The van der Waals surface area contributed by atoms with Gasteiger partial charge in [-0.15, -0.1) is 23.1 Å². The second kappa shape index (κ2) is 6.37. The topological polar surface area (TPSA) is 152 Å². The molecule has 1 unspecified atom stereocenters. The summed E-state index contributed by atoms with van der Waals surface area (Å²) in [6, 6.07) is -0.946. The lowest BCUT2D eigenvalue weighted by molar-refractivity contribution is -0.148. The Kier molecular flexibility index (Phi) is 4.39. The number of aromatic nitrogens is 1. The van der Waals surface area contributed by atoms with E-state index in [2.05, 4.69) is 15.0 Å². The van der Waals surface area contributed by atoms with E-state index in [4.69, 9.17) is 10.8 Å². The molecule has 1 saturated heterocycles. The number of carbonyl (C=O) groups excluding carboxylic acids is 3. The van der Waals surface area contributed by atoms with Gasteiger partial charge in [0.25, 0.3) is 17.6 Å². The van der Waals surface area contributed by atoms with Crippen molar-refractivity contribution in [3.8, 4) is 0 Å². The first-order chi connectivity index (χ1) is 11.8. The van der Waals surface area contributed by atoms with Gasteiger partial charge in [0.05, 0.1) is 0 Å². The lowest BCUT2D eigenvalue weighted by Crippen LogP contribution is -2.70. The van der Waals surface area contributed by atoms with Crippen LogP contribution in [0.3, 0.4) is 0 Å². The molecule has 25 heavy (non-hydrogen) atoms. The van der Waals surface area contributed by atoms with Crippen LogP contribution in [0.5, 0.6) is 0 Å². The molecular formula is C13H12N4O6S2. The molecule has 2 amide bonds. The number of nitrogen functional groups attached to an aromatic ring is 1. The smallest absolute Gasteiger partial charge is 0.449 e. The van der Waals surface area contributed by atoms with Crippen LogP contribution in [0.25, 0.3) is 0 Å². The number of thioether (sulfide) groups is 1. The number of hydrogen-bond donors (Lipinski definition) is 3. The Balaban J connectivity index is 1.70.